The fraction of sp³-hybridized carbons (Fsp3) is 0.515. The van der Waals surface area contributed by atoms with E-state index in [1.165, 1.54) is 48.8 Å². The molecule has 20 heteroatoms. The summed E-state index contributed by atoms with van der Waals surface area (Å²) in [5, 5.41) is 0. The highest BCUT2D eigenvalue weighted by molar-refractivity contribution is 5.89. The van der Waals surface area contributed by atoms with Crippen molar-refractivity contribution in [2.24, 2.45) is 0 Å². The molecule has 0 aliphatic rings. The van der Waals surface area contributed by atoms with Gasteiger partial charge in [-0.1, -0.05) is 199 Å². The van der Waals surface area contributed by atoms with Crippen molar-refractivity contribution in [1.82, 2.24) is 0 Å². The molecule has 0 heterocycles. The van der Waals surface area contributed by atoms with Gasteiger partial charge in [0, 0.05) is 33.1 Å². The van der Waals surface area contributed by atoms with Gasteiger partial charge in [-0.15, -0.1) is 0 Å². The number of carbonyl (C=O) groups is 5. The summed E-state index contributed by atoms with van der Waals surface area (Å²) in [4.78, 5) is 55.8. The second kappa shape index (κ2) is 60.2. The molecular formula is C97H138O20. The van der Waals surface area contributed by atoms with E-state index in [0.29, 0.717) is 75.1 Å². The molecule has 0 radical (unpaired) electrons. The Morgan fingerprint density at radius 3 is 1.05 bits per heavy atom. The maximum atomic E-state index is 11.8. The van der Waals surface area contributed by atoms with Gasteiger partial charge < -0.3 is 71.1 Å². The van der Waals surface area contributed by atoms with Gasteiger partial charge in [-0.2, -0.15) is 0 Å². The van der Waals surface area contributed by atoms with E-state index in [9.17, 15) is 24.0 Å². The lowest BCUT2D eigenvalue weighted by atomic mass is 9.82. The molecule has 0 saturated carbocycles. The molecule has 0 amide bonds. The maximum Gasteiger partial charge on any atom is 0.338 e. The molecule has 0 spiro atoms. The Balaban J connectivity index is 0.000000379. The van der Waals surface area contributed by atoms with Crippen molar-refractivity contribution < 1.29 is 95.0 Å². The van der Waals surface area contributed by atoms with E-state index >= 15 is 0 Å². The molecule has 9 unspecified atom stereocenters. The summed E-state index contributed by atoms with van der Waals surface area (Å²) in [6, 6.07) is 59.1. The van der Waals surface area contributed by atoms with Crippen LogP contribution in [0.25, 0.3) is 0 Å². The highest BCUT2D eigenvalue weighted by Crippen LogP contribution is 2.30. The highest BCUT2D eigenvalue weighted by atomic mass is 16.7. The van der Waals surface area contributed by atoms with E-state index in [-0.39, 0.29) is 87.0 Å². The Kier molecular flexibility index (Phi) is 52.4. The molecule has 646 valence electrons. The fourth-order valence-corrected chi connectivity index (χ4v) is 10.8. The molecule has 0 saturated heterocycles. The van der Waals surface area contributed by atoms with Gasteiger partial charge in [0.25, 0.3) is 0 Å². The van der Waals surface area contributed by atoms with Gasteiger partial charge in [-0.05, 0) is 207 Å². The number of benzene rings is 7. The third-order valence-electron chi connectivity index (χ3n) is 19.4. The Labute approximate surface area is 699 Å². The average molecular weight is 1620 g/mol. The molecule has 117 heavy (non-hydrogen) atoms. The highest BCUT2D eigenvalue weighted by Gasteiger charge is 2.20. The minimum Gasteiger partial charge on any atom is -0.469 e. The first-order valence-electron chi connectivity index (χ1n) is 41.9. The molecule has 7 rings (SSSR count). The number of unbranched alkanes of at least 4 members (excludes halogenated alkanes) is 1. The zero-order valence-electron chi connectivity index (χ0n) is 73.5. The maximum absolute atomic E-state index is 11.8. The second-order valence-corrected chi connectivity index (χ2v) is 29.0. The summed E-state index contributed by atoms with van der Waals surface area (Å²) in [5.74, 6) is 4.83. The van der Waals surface area contributed by atoms with Crippen LogP contribution in [0.3, 0.4) is 0 Å². The topological polar surface area (TPSA) is 224 Å². The molecule has 0 aliphatic heterocycles. The van der Waals surface area contributed by atoms with Crippen LogP contribution in [-0.4, -0.2) is 128 Å². The van der Waals surface area contributed by atoms with Crippen molar-refractivity contribution in [3.05, 3.63) is 221 Å². The Morgan fingerprint density at radius 2 is 0.667 bits per heavy atom. The fourth-order valence-electron chi connectivity index (χ4n) is 10.8. The zero-order chi connectivity index (χ0) is 86.2. The van der Waals surface area contributed by atoms with Crippen LogP contribution in [0.4, 0.5) is 0 Å². The molecule has 9 atom stereocenters. The van der Waals surface area contributed by atoms with Crippen LogP contribution in [0, 0.1) is 0 Å². The van der Waals surface area contributed by atoms with Gasteiger partial charge in [-0.25, -0.2) is 4.79 Å². The minimum absolute atomic E-state index is 0.156. The van der Waals surface area contributed by atoms with Crippen LogP contribution >= 0.6 is 0 Å². The number of hydrogen-bond acceptors (Lipinski definition) is 20. The standard InChI is InChI=1S/2C22H28O4.2C18H28O4.C17H26O4/c1-5-22(3,4)19-11-13-20(14-12-19)26-17(2)24-15-16-25-21(23)18-9-7-6-8-10-18;1-4-17(2)20-10-12-21(13-11-20)26-18(3)24-14-15-25-22(23)16-19-8-6-5-7-9-19;1-5-14(2)17-8-10-18(11-9-17)22-16(4)21-13-7-6-12-20-15(3)19;1-5-14(3)15-9-11-16(12-10-15)22-18(6-2)21-13-7-8-17(19)20-4;1-5-13(3)15-7-9-16(10-8-15)21-17(6-2)20-12-11-19-14(4)18/h6-14,17H,5,15-16H2,1-4H3;5-13,17-18H,4,14-16H2,1-3H3;8-11,14,16H,5-7,12-13H2,1-4H3;9-12,14,18H,5-8,13H2,1-4H3;7-10,13,17H,5-6,11-12H2,1-4H3. The van der Waals surface area contributed by atoms with E-state index in [4.69, 9.17) is 66.3 Å². The summed E-state index contributed by atoms with van der Waals surface area (Å²) < 4.78 is 81.3. The molecule has 0 fully saturated rings. The summed E-state index contributed by atoms with van der Waals surface area (Å²) in [6.45, 7) is 39.7. The van der Waals surface area contributed by atoms with Gasteiger partial charge in [0.15, 0.2) is 31.5 Å². The van der Waals surface area contributed by atoms with Gasteiger partial charge in [0.2, 0.25) is 0 Å². The van der Waals surface area contributed by atoms with E-state index in [2.05, 4.69) is 142 Å². The van der Waals surface area contributed by atoms with E-state index in [1.807, 2.05) is 132 Å². The van der Waals surface area contributed by atoms with Crippen LogP contribution < -0.4 is 23.7 Å². The van der Waals surface area contributed by atoms with Crippen LogP contribution in [0.1, 0.15) is 263 Å². The molecule has 0 aliphatic carbocycles. The summed E-state index contributed by atoms with van der Waals surface area (Å²) in [7, 11) is 1.39. The Hall–Kier alpha value is -9.31. The lowest BCUT2D eigenvalue weighted by Crippen LogP contribution is -2.22. The monoisotopic (exact) mass is 1620 g/mol. The van der Waals surface area contributed by atoms with Crippen LogP contribution in [0.5, 0.6) is 28.7 Å². The Bertz CT molecular complexity index is 3720. The second-order valence-electron chi connectivity index (χ2n) is 29.0. The molecule has 7 aromatic rings. The third-order valence-corrected chi connectivity index (χ3v) is 19.4. The first-order chi connectivity index (χ1) is 56.2. The summed E-state index contributed by atoms with van der Waals surface area (Å²) in [6.07, 6.45) is 8.26. The number of methoxy groups -OCH3 is 1. The molecule has 7 aromatic carbocycles. The van der Waals surface area contributed by atoms with Gasteiger partial charge in [0.05, 0.1) is 58.7 Å². The van der Waals surface area contributed by atoms with Gasteiger partial charge >= 0.3 is 29.8 Å². The van der Waals surface area contributed by atoms with E-state index in [1.54, 1.807) is 24.3 Å². The number of ether oxygens (including phenoxy) is 15. The molecule has 20 nitrogen and oxygen atoms in total. The quantitative estimate of drug-likeness (QED) is 0.0150. The normalized spacial score (nSPS) is 13.2. The number of hydrogen-bond donors (Lipinski definition) is 0. The van der Waals surface area contributed by atoms with E-state index in [0.717, 1.165) is 92.1 Å². The summed E-state index contributed by atoms with van der Waals surface area (Å²) in [5.41, 5.74) is 8.18. The number of carbonyl (C=O) groups excluding carboxylic acids is 5. The molecule has 0 aromatic heterocycles. The molecule has 0 bridgehead atoms. The predicted octanol–water partition coefficient (Wildman–Crippen LogP) is 22.2. The third kappa shape index (κ3) is 45.3. The van der Waals surface area contributed by atoms with Crippen LogP contribution in [0.2, 0.25) is 0 Å². The van der Waals surface area contributed by atoms with Crippen molar-refractivity contribution in [3.63, 3.8) is 0 Å². The van der Waals surface area contributed by atoms with Gasteiger partial charge in [-0.3, -0.25) is 19.2 Å². The lowest BCUT2D eigenvalue weighted by molar-refractivity contribution is -0.148. The van der Waals surface area contributed by atoms with E-state index < -0.39 is 12.6 Å². The van der Waals surface area contributed by atoms with Crippen molar-refractivity contribution in [3.8, 4) is 28.7 Å². The smallest absolute Gasteiger partial charge is 0.338 e. The SMILES string of the molecule is CCC(C)(C)c1ccc(OC(C)OCCOC(=O)c2ccccc2)cc1.CCC(C)c1ccc(OC(C)OCCCCOC(C)=O)cc1.CCC(C)c1ccc(OC(C)OCCOC(=O)Cc2ccccc2)cc1.CCC(OCCCC(=O)OC)Oc1ccc(C(C)CC)cc1.CCC(OCCOC(C)=O)Oc1ccc(C(C)CC)cc1. The number of esters is 5. The Morgan fingerprint density at radius 1 is 0.333 bits per heavy atom. The van der Waals surface area contributed by atoms with Crippen LogP contribution in [-0.2, 0) is 78.4 Å². The van der Waals surface area contributed by atoms with Crippen molar-refractivity contribution >= 4 is 29.8 Å². The molecular weight excluding hydrogens is 1490 g/mol. The summed E-state index contributed by atoms with van der Waals surface area (Å²) >= 11 is 0. The first kappa shape index (κ1) is 102. The van der Waals surface area contributed by atoms with Crippen LogP contribution in [0.15, 0.2) is 182 Å². The number of rotatable bonds is 48. The first-order valence-corrected chi connectivity index (χ1v) is 41.9. The van der Waals surface area contributed by atoms with Crippen molar-refractivity contribution in [1.29, 1.82) is 0 Å². The zero-order valence-corrected chi connectivity index (χ0v) is 73.5. The predicted molar refractivity (Wildman–Crippen MR) is 461 cm³/mol. The largest absolute Gasteiger partial charge is 0.469 e. The van der Waals surface area contributed by atoms with Gasteiger partial charge in [0.1, 0.15) is 48.6 Å². The minimum atomic E-state index is -0.421. The average Bonchev–Trinajstić information content (AvgIpc) is 0.848. The van der Waals surface area contributed by atoms with Crippen molar-refractivity contribution in [2.45, 2.75) is 262 Å². The lowest BCUT2D eigenvalue weighted by Gasteiger charge is -2.23. The molecule has 0 N–H and O–H groups in total. The van der Waals surface area contributed by atoms with Crippen molar-refractivity contribution in [2.75, 3.05) is 66.6 Å².